The molecule has 0 amide bonds. The topological polar surface area (TPSA) is 26.3 Å². The van der Waals surface area contributed by atoms with E-state index < -0.39 is 6.86 Å². The van der Waals surface area contributed by atoms with Crippen LogP contribution >= 0.6 is 15.9 Å². The van der Waals surface area contributed by atoms with E-state index in [9.17, 15) is 9.18 Å². The third-order valence-electron chi connectivity index (χ3n) is 1.76. The molecule has 0 spiro atoms. The SMILES string of the molecule is O=CCCc1ccc(OCF)c(Br)c1. The van der Waals surface area contributed by atoms with E-state index in [0.717, 1.165) is 11.8 Å². The molecule has 0 atom stereocenters. The van der Waals surface area contributed by atoms with Crippen molar-refractivity contribution in [2.45, 2.75) is 12.8 Å². The van der Waals surface area contributed by atoms with Gasteiger partial charge in [-0.2, -0.15) is 0 Å². The van der Waals surface area contributed by atoms with Crippen LogP contribution in [0.4, 0.5) is 4.39 Å². The number of benzene rings is 1. The third kappa shape index (κ3) is 3.10. The van der Waals surface area contributed by atoms with Crippen molar-refractivity contribution >= 4 is 22.2 Å². The maximum atomic E-state index is 11.9. The van der Waals surface area contributed by atoms with Gasteiger partial charge in [0.05, 0.1) is 4.47 Å². The molecule has 1 aromatic carbocycles. The third-order valence-corrected chi connectivity index (χ3v) is 2.38. The number of carbonyl (C=O) groups excluding carboxylic acids is 1. The molecule has 0 unspecified atom stereocenters. The summed E-state index contributed by atoms with van der Waals surface area (Å²) in [5.74, 6) is 0.474. The Labute approximate surface area is 90.2 Å². The molecule has 2 nitrogen and oxygen atoms in total. The zero-order chi connectivity index (χ0) is 10.4. The van der Waals surface area contributed by atoms with Gasteiger partial charge in [0.25, 0.3) is 0 Å². The first-order valence-electron chi connectivity index (χ1n) is 4.18. The fraction of sp³-hybridized carbons (Fsp3) is 0.300. The van der Waals surface area contributed by atoms with Gasteiger partial charge in [0.1, 0.15) is 12.0 Å². The summed E-state index contributed by atoms with van der Waals surface area (Å²) in [7, 11) is 0. The van der Waals surface area contributed by atoms with E-state index >= 15 is 0 Å². The van der Waals surface area contributed by atoms with E-state index in [1.807, 2.05) is 12.1 Å². The van der Waals surface area contributed by atoms with E-state index in [1.165, 1.54) is 0 Å². The lowest BCUT2D eigenvalue weighted by molar-refractivity contribution is -0.107. The van der Waals surface area contributed by atoms with Gasteiger partial charge in [-0.15, -0.1) is 0 Å². The van der Waals surface area contributed by atoms with Crippen molar-refractivity contribution in [1.82, 2.24) is 0 Å². The summed E-state index contributed by atoms with van der Waals surface area (Å²) in [5, 5.41) is 0. The maximum Gasteiger partial charge on any atom is 0.228 e. The van der Waals surface area contributed by atoms with Gasteiger partial charge in [-0.05, 0) is 40.0 Å². The molecular formula is C10H10BrFO2. The van der Waals surface area contributed by atoms with Gasteiger partial charge in [-0.1, -0.05) is 6.07 Å². The van der Waals surface area contributed by atoms with Crippen LogP contribution in [0.25, 0.3) is 0 Å². The van der Waals surface area contributed by atoms with Crippen LogP contribution in [0.15, 0.2) is 22.7 Å². The number of hydrogen-bond acceptors (Lipinski definition) is 2. The number of aryl methyl sites for hydroxylation is 1. The summed E-state index contributed by atoms with van der Waals surface area (Å²) >= 11 is 3.26. The standard InChI is InChI=1S/C10H10BrFO2/c11-9-6-8(2-1-5-13)3-4-10(9)14-7-12/h3-6H,1-2,7H2. The number of ether oxygens (including phenoxy) is 1. The molecule has 0 heterocycles. The second-order valence-electron chi connectivity index (χ2n) is 2.72. The van der Waals surface area contributed by atoms with Crippen molar-refractivity contribution in [3.05, 3.63) is 28.2 Å². The predicted molar refractivity (Wildman–Crippen MR) is 55.1 cm³/mol. The Morgan fingerprint density at radius 1 is 1.50 bits per heavy atom. The van der Waals surface area contributed by atoms with Crippen molar-refractivity contribution in [3.8, 4) is 5.75 Å². The highest BCUT2D eigenvalue weighted by molar-refractivity contribution is 9.10. The van der Waals surface area contributed by atoms with Crippen LogP contribution in [-0.4, -0.2) is 13.1 Å². The summed E-state index contributed by atoms with van der Waals surface area (Å²) in [6, 6.07) is 5.33. The normalized spacial score (nSPS) is 9.86. The second-order valence-corrected chi connectivity index (χ2v) is 3.58. The van der Waals surface area contributed by atoms with E-state index in [2.05, 4.69) is 15.9 Å². The van der Waals surface area contributed by atoms with E-state index in [0.29, 0.717) is 23.1 Å². The summed E-state index contributed by atoms with van der Waals surface area (Å²) in [6.45, 7) is -0.841. The number of alkyl halides is 1. The minimum Gasteiger partial charge on any atom is -0.462 e. The number of carbonyl (C=O) groups is 1. The van der Waals surface area contributed by atoms with Crippen molar-refractivity contribution < 1.29 is 13.9 Å². The molecule has 0 aliphatic carbocycles. The van der Waals surface area contributed by atoms with E-state index in [-0.39, 0.29) is 0 Å². The van der Waals surface area contributed by atoms with Gasteiger partial charge in [0.15, 0.2) is 0 Å². The lowest BCUT2D eigenvalue weighted by Gasteiger charge is -2.05. The molecule has 4 heteroatoms. The lowest BCUT2D eigenvalue weighted by Crippen LogP contribution is -1.92. The Bertz CT molecular complexity index is 315. The number of halogens is 2. The largest absolute Gasteiger partial charge is 0.462 e. The first-order valence-corrected chi connectivity index (χ1v) is 4.98. The molecule has 0 aromatic heterocycles. The molecule has 1 aromatic rings. The Kier molecular flexibility index (Phi) is 4.59. The maximum absolute atomic E-state index is 11.9. The van der Waals surface area contributed by atoms with Crippen LogP contribution in [0.2, 0.25) is 0 Å². The summed E-state index contributed by atoms with van der Waals surface area (Å²) < 4.78 is 17.3. The molecule has 76 valence electrons. The van der Waals surface area contributed by atoms with Crippen LogP contribution in [0.5, 0.6) is 5.75 Å². The molecule has 0 bridgehead atoms. The highest BCUT2D eigenvalue weighted by Gasteiger charge is 2.02. The van der Waals surface area contributed by atoms with Crippen LogP contribution in [0.3, 0.4) is 0 Å². The highest BCUT2D eigenvalue weighted by atomic mass is 79.9. The molecule has 14 heavy (non-hydrogen) atoms. The quantitative estimate of drug-likeness (QED) is 0.762. The van der Waals surface area contributed by atoms with Crippen LogP contribution < -0.4 is 4.74 Å². The number of aldehydes is 1. The Morgan fingerprint density at radius 2 is 2.29 bits per heavy atom. The van der Waals surface area contributed by atoms with Gasteiger partial charge in [0, 0.05) is 6.42 Å². The van der Waals surface area contributed by atoms with Gasteiger partial charge < -0.3 is 9.53 Å². The molecule has 0 aliphatic rings. The second kappa shape index (κ2) is 5.75. The molecular weight excluding hydrogens is 251 g/mol. The fourth-order valence-corrected chi connectivity index (χ4v) is 1.64. The molecule has 0 N–H and O–H groups in total. The zero-order valence-electron chi connectivity index (χ0n) is 7.50. The summed E-state index contributed by atoms with van der Waals surface area (Å²) in [6.07, 6.45) is 2.06. The first kappa shape index (κ1) is 11.2. The average molecular weight is 261 g/mol. The van der Waals surface area contributed by atoms with Gasteiger partial charge >= 0.3 is 0 Å². The Morgan fingerprint density at radius 3 is 2.86 bits per heavy atom. The molecule has 0 saturated carbocycles. The van der Waals surface area contributed by atoms with Crippen LogP contribution in [0, 0.1) is 0 Å². The lowest BCUT2D eigenvalue weighted by atomic mass is 10.1. The molecule has 0 fully saturated rings. The van der Waals surface area contributed by atoms with E-state index in [1.54, 1.807) is 6.07 Å². The summed E-state index contributed by atoms with van der Waals surface area (Å²) in [5.41, 5.74) is 1.02. The van der Waals surface area contributed by atoms with Crippen molar-refractivity contribution in [1.29, 1.82) is 0 Å². The Hall–Kier alpha value is -0.900. The first-order chi connectivity index (χ1) is 6.77. The van der Waals surface area contributed by atoms with Gasteiger partial charge in [0.2, 0.25) is 6.86 Å². The summed E-state index contributed by atoms with van der Waals surface area (Å²) in [4.78, 5) is 10.1. The smallest absolute Gasteiger partial charge is 0.228 e. The minimum atomic E-state index is -0.841. The molecule has 0 saturated heterocycles. The predicted octanol–water partition coefficient (Wildman–Crippen LogP) is 2.89. The van der Waals surface area contributed by atoms with Crippen LogP contribution in [0.1, 0.15) is 12.0 Å². The zero-order valence-corrected chi connectivity index (χ0v) is 9.09. The average Bonchev–Trinajstić information content (AvgIpc) is 2.19. The van der Waals surface area contributed by atoms with Crippen molar-refractivity contribution in [2.24, 2.45) is 0 Å². The van der Waals surface area contributed by atoms with Crippen molar-refractivity contribution in [3.63, 3.8) is 0 Å². The molecule has 0 radical (unpaired) electrons. The number of hydrogen-bond donors (Lipinski definition) is 0. The van der Waals surface area contributed by atoms with Crippen LogP contribution in [-0.2, 0) is 11.2 Å². The Balaban J connectivity index is 2.72. The minimum absolute atomic E-state index is 0.474. The van der Waals surface area contributed by atoms with Gasteiger partial charge in [-0.3, -0.25) is 0 Å². The monoisotopic (exact) mass is 260 g/mol. The molecule has 0 aliphatic heterocycles. The van der Waals surface area contributed by atoms with E-state index in [4.69, 9.17) is 4.74 Å². The molecule has 1 rings (SSSR count). The van der Waals surface area contributed by atoms with Crippen molar-refractivity contribution in [2.75, 3.05) is 6.86 Å². The highest BCUT2D eigenvalue weighted by Crippen LogP contribution is 2.26. The fourth-order valence-electron chi connectivity index (χ4n) is 1.10. The van der Waals surface area contributed by atoms with Gasteiger partial charge in [-0.25, -0.2) is 4.39 Å². The number of rotatable bonds is 5.